The third kappa shape index (κ3) is 3.52. The maximum Gasteiger partial charge on any atom is 0.119 e. The Morgan fingerprint density at radius 3 is 2.52 bits per heavy atom. The smallest absolute Gasteiger partial charge is 0.119 e. The largest absolute Gasteiger partial charge is 0.494 e. The molecule has 122 valence electrons. The van der Waals surface area contributed by atoms with E-state index in [-0.39, 0.29) is 5.54 Å². The molecule has 23 heavy (non-hydrogen) atoms. The molecule has 0 bridgehead atoms. The average Bonchev–Trinajstić information content (AvgIpc) is 2.54. The van der Waals surface area contributed by atoms with E-state index in [1.54, 1.807) is 0 Å². The third-order valence-corrected chi connectivity index (χ3v) is 4.83. The van der Waals surface area contributed by atoms with Gasteiger partial charge in [0.2, 0.25) is 0 Å². The minimum atomic E-state index is 0.195. The van der Waals surface area contributed by atoms with E-state index < -0.39 is 0 Å². The molecule has 0 saturated carbocycles. The van der Waals surface area contributed by atoms with Gasteiger partial charge in [-0.25, -0.2) is 0 Å². The van der Waals surface area contributed by atoms with Crippen molar-refractivity contribution in [2.45, 2.75) is 45.1 Å². The molecular weight excluding hydrogens is 282 g/mol. The zero-order chi connectivity index (χ0) is 16.3. The van der Waals surface area contributed by atoms with Gasteiger partial charge >= 0.3 is 0 Å². The number of benzene rings is 2. The highest BCUT2D eigenvalue weighted by molar-refractivity contribution is 5.59. The minimum Gasteiger partial charge on any atom is -0.494 e. The summed E-state index contributed by atoms with van der Waals surface area (Å²) in [5.41, 5.74) is 3.08. The van der Waals surface area contributed by atoms with Crippen LogP contribution in [-0.4, -0.2) is 18.7 Å². The molecule has 0 fully saturated rings. The number of rotatable bonds is 5. The summed E-state index contributed by atoms with van der Waals surface area (Å²) in [5.74, 6) is 1.58. The zero-order valence-corrected chi connectivity index (χ0v) is 14.5. The van der Waals surface area contributed by atoms with Crippen molar-refractivity contribution in [3.05, 3.63) is 60.2 Å². The van der Waals surface area contributed by atoms with Crippen LogP contribution in [0, 0.1) is 0 Å². The van der Waals surface area contributed by atoms with Gasteiger partial charge in [0.1, 0.15) is 5.75 Å². The second-order valence-corrected chi connectivity index (χ2v) is 7.14. The number of nitrogens with zero attached hydrogens (tertiary/aromatic N) is 1. The lowest BCUT2D eigenvalue weighted by molar-refractivity contribution is 0.299. The van der Waals surface area contributed by atoms with E-state index in [1.165, 1.54) is 17.7 Å². The lowest BCUT2D eigenvalue weighted by Gasteiger charge is -2.47. The number of hydrogen-bond acceptors (Lipinski definition) is 2. The highest BCUT2D eigenvalue weighted by atomic mass is 16.5. The maximum atomic E-state index is 5.85. The van der Waals surface area contributed by atoms with Gasteiger partial charge in [-0.1, -0.05) is 43.3 Å². The standard InChI is InChI=1S/C21H27NO/c1-17-16-21(2,3)22(20-13-8-7-12-19(17)20)14-9-15-23-18-10-5-4-6-11-18/h4-8,10-13,17H,9,14-16H2,1-3H3. The Bertz CT molecular complexity index is 635. The molecule has 0 N–H and O–H groups in total. The van der Waals surface area contributed by atoms with Gasteiger partial charge in [-0.3, -0.25) is 0 Å². The summed E-state index contributed by atoms with van der Waals surface area (Å²) in [6.45, 7) is 8.85. The Hall–Kier alpha value is -1.96. The molecule has 1 unspecified atom stereocenters. The van der Waals surface area contributed by atoms with Gasteiger partial charge in [-0.15, -0.1) is 0 Å². The number of para-hydroxylation sites is 2. The molecular formula is C21H27NO. The van der Waals surface area contributed by atoms with Crippen LogP contribution in [0.3, 0.4) is 0 Å². The van der Waals surface area contributed by atoms with Crippen molar-refractivity contribution in [2.75, 3.05) is 18.1 Å². The quantitative estimate of drug-likeness (QED) is 0.700. The van der Waals surface area contributed by atoms with Crippen molar-refractivity contribution in [1.29, 1.82) is 0 Å². The number of ether oxygens (including phenoxy) is 1. The van der Waals surface area contributed by atoms with Crippen molar-refractivity contribution in [1.82, 2.24) is 0 Å². The first-order valence-electron chi connectivity index (χ1n) is 8.62. The summed E-state index contributed by atoms with van der Waals surface area (Å²) >= 11 is 0. The summed E-state index contributed by atoms with van der Waals surface area (Å²) in [6, 6.07) is 18.9. The molecule has 0 spiro atoms. The molecule has 2 nitrogen and oxygen atoms in total. The average molecular weight is 309 g/mol. The van der Waals surface area contributed by atoms with Gasteiger partial charge < -0.3 is 9.64 Å². The molecule has 0 aliphatic carbocycles. The molecule has 0 amide bonds. The van der Waals surface area contributed by atoms with E-state index in [0.717, 1.165) is 25.3 Å². The van der Waals surface area contributed by atoms with Crippen LogP contribution < -0.4 is 9.64 Å². The van der Waals surface area contributed by atoms with Crippen LogP contribution in [0.5, 0.6) is 5.75 Å². The van der Waals surface area contributed by atoms with E-state index in [0.29, 0.717) is 5.92 Å². The number of fused-ring (bicyclic) bond motifs is 1. The maximum absolute atomic E-state index is 5.85. The van der Waals surface area contributed by atoms with Crippen LogP contribution in [0.4, 0.5) is 5.69 Å². The van der Waals surface area contributed by atoms with Crippen molar-refractivity contribution < 1.29 is 4.74 Å². The zero-order valence-electron chi connectivity index (χ0n) is 14.5. The van der Waals surface area contributed by atoms with Crippen LogP contribution in [0.1, 0.15) is 45.1 Å². The second-order valence-electron chi connectivity index (χ2n) is 7.14. The Morgan fingerprint density at radius 2 is 1.74 bits per heavy atom. The monoisotopic (exact) mass is 309 g/mol. The third-order valence-electron chi connectivity index (χ3n) is 4.83. The molecule has 2 heteroatoms. The van der Waals surface area contributed by atoms with Crippen LogP contribution in [0.15, 0.2) is 54.6 Å². The normalized spacial score (nSPS) is 19.3. The fourth-order valence-electron chi connectivity index (χ4n) is 3.80. The molecule has 1 atom stereocenters. The summed E-state index contributed by atoms with van der Waals surface area (Å²) < 4.78 is 5.85. The molecule has 3 rings (SSSR count). The number of anilines is 1. The highest BCUT2D eigenvalue weighted by Crippen LogP contribution is 2.42. The molecule has 1 aliphatic rings. The van der Waals surface area contributed by atoms with Crippen molar-refractivity contribution in [3.8, 4) is 5.75 Å². The Morgan fingerprint density at radius 1 is 1.04 bits per heavy atom. The number of hydrogen-bond donors (Lipinski definition) is 0. The lowest BCUT2D eigenvalue weighted by atomic mass is 9.80. The van der Waals surface area contributed by atoms with E-state index in [2.05, 4.69) is 49.9 Å². The minimum absolute atomic E-state index is 0.195. The summed E-state index contributed by atoms with van der Waals surface area (Å²) in [7, 11) is 0. The Kier molecular flexibility index (Phi) is 4.61. The van der Waals surface area contributed by atoms with Gasteiger partial charge in [0.05, 0.1) is 6.61 Å². The Labute approximate surface area is 140 Å². The van der Waals surface area contributed by atoms with Crippen molar-refractivity contribution in [3.63, 3.8) is 0 Å². The SMILES string of the molecule is CC1CC(C)(C)N(CCCOc2ccccc2)c2ccccc21. The lowest BCUT2D eigenvalue weighted by Crippen LogP contribution is -2.49. The topological polar surface area (TPSA) is 12.5 Å². The first-order valence-corrected chi connectivity index (χ1v) is 8.62. The van der Waals surface area contributed by atoms with Crippen molar-refractivity contribution >= 4 is 5.69 Å². The van der Waals surface area contributed by atoms with Crippen LogP contribution >= 0.6 is 0 Å². The molecule has 0 aromatic heterocycles. The van der Waals surface area contributed by atoms with E-state index >= 15 is 0 Å². The molecule has 1 heterocycles. The van der Waals surface area contributed by atoms with Gasteiger partial charge in [0.15, 0.2) is 0 Å². The van der Waals surface area contributed by atoms with Gasteiger partial charge in [0, 0.05) is 17.8 Å². The summed E-state index contributed by atoms with van der Waals surface area (Å²) in [6.07, 6.45) is 2.23. The first kappa shape index (κ1) is 15.9. The predicted molar refractivity (Wildman–Crippen MR) is 97.5 cm³/mol. The van der Waals surface area contributed by atoms with E-state index in [1.807, 2.05) is 30.3 Å². The molecule has 2 aromatic rings. The molecule has 2 aromatic carbocycles. The van der Waals surface area contributed by atoms with Crippen LogP contribution in [-0.2, 0) is 0 Å². The summed E-state index contributed by atoms with van der Waals surface area (Å²) in [4.78, 5) is 2.57. The fraction of sp³-hybridized carbons (Fsp3) is 0.429. The van der Waals surface area contributed by atoms with E-state index in [9.17, 15) is 0 Å². The van der Waals surface area contributed by atoms with Gasteiger partial charge in [0.25, 0.3) is 0 Å². The van der Waals surface area contributed by atoms with Crippen LogP contribution in [0.2, 0.25) is 0 Å². The van der Waals surface area contributed by atoms with Crippen LogP contribution in [0.25, 0.3) is 0 Å². The van der Waals surface area contributed by atoms with Gasteiger partial charge in [-0.2, -0.15) is 0 Å². The summed E-state index contributed by atoms with van der Waals surface area (Å²) in [5, 5.41) is 0. The predicted octanol–water partition coefficient (Wildman–Crippen LogP) is 5.25. The van der Waals surface area contributed by atoms with E-state index in [4.69, 9.17) is 4.74 Å². The molecule has 1 aliphatic heterocycles. The second kappa shape index (κ2) is 6.66. The molecule has 0 radical (unpaired) electrons. The highest BCUT2D eigenvalue weighted by Gasteiger charge is 2.35. The molecule has 0 saturated heterocycles. The first-order chi connectivity index (χ1) is 11.1. The van der Waals surface area contributed by atoms with Gasteiger partial charge in [-0.05, 0) is 56.4 Å². The fourth-order valence-corrected chi connectivity index (χ4v) is 3.80. The Balaban J connectivity index is 1.65. The van der Waals surface area contributed by atoms with Crippen molar-refractivity contribution in [2.24, 2.45) is 0 Å².